The van der Waals surface area contributed by atoms with Crippen LogP contribution in [0.2, 0.25) is 0 Å². The Morgan fingerprint density at radius 3 is 2.61 bits per heavy atom. The zero-order valence-corrected chi connectivity index (χ0v) is 13.1. The number of rotatable bonds is 7. The molecule has 0 aromatic heterocycles. The third-order valence-corrected chi connectivity index (χ3v) is 3.30. The molecule has 1 atom stereocenters. The molecule has 0 aliphatic heterocycles. The van der Waals surface area contributed by atoms with Crippen LogP contribution in [0.5, 0.6) is 5.75 Å². The Labute approximate surface area is 134 Å². The lowest BCUT2D eigenvalue weighted by Gasteiger charge is -2.14. The highest BCUT2D eigenvalue weighted by molar-refractivity contribution is 5.84. The second kappa shape index (κ2) is 7.93. The van der Waals surface area contributed by atoms with E-state index in [0.717, 1.165) is 17.7 Å². The Morgan fingerprint density at radius 2 is 1.96 bits per heavy atom. The van der Waals surface area contributed by atoms with E-state index in [9.17, 15) is 10.1 Å². The van der Waals surface area contributed by atoms with Gasteiger partial charge in [0.1, 0.15) is 5.75 Å². The Bertz CT molecular complexity index is 684. The lowest BCUT2D eigenvalue weighted by Crippen LogP contribution is -2.11. The van der Waals surface area contributed by atoms with Crippen LogP contribution in [0.4, 0.5) is 11.4 Å². The first kappa shape index (κ1) is 16.5. The summed E-state index contributed by atoms with van der Waals surface area (Å²) >= 11 is 0. The van der Waals surface area contributed by atoms with Gasteiger partial charge in [-0.2, -0.15) is 5.10 Å². The molecule has 0 amide bonds. The van der Waals surface area contributed by atoms with Crippen LogP contribution < -0.4 is 10.2 Å². The topological polar surface area (TPSA) is 76.8 Å². The van der Waals surface area contributed by atoms with Crippen molar-refractivity contribution in [1.82, 2.24) is 0 Å². The Hall–Kier alpha value is -2.89. The summed E-state index contributed by atoms with van der Waals surface area (Å²) in [5.74, 6) is 0.774. The fourth-order valence-corrected chi connectivity index (χ4v) is 1.83. The number of non-ortho nitro benzene ring substituents is 1. The predicted octanol–water partition coefficient (Wildman–Crippen LogP) is 4.22. The molecular weight excluding hydrogens is 294 g/mol. The first-order valence-electron chi connectivity index (χ1n) is 7.39. The molecule has 0 bridgehead atoms. The van der Waals surface area contributed by atoms with Crippen LogP contribution in [0.1, 0.15) is 25.8 Å². The molecule has 6 heteroatoms. The van der Waals surface area contributed by atoms with Crippen LogP contribution in [0, 0.1) is 10.1 Å². The number of ether oxygens (including phenoxy) is 1. The summed E-state index contributed by atoms with van der Waals surface area (Å²) in [5, 5.41) is 14.8. The van der Waals surface area contributed by atoms with Gasteiger partial charge in [-0.05, 0) is 37.6 Å². The maximum absolute atomic E-state index is 10.6. The van der Waals surface area contributed by atoms with Gasteiger partial charge in [-0.25, -0.2) is 0 Å². The van der Waals surface area contributed by atoms with Crippen molar-refractivity contribution in [1.29, 1.82) is 0 Å². The minimum atomic E-state index is -0.435. The Morgan fingerprint density at radius 1 is 1.26 bits per heavy atom. The SMILES string of the molecule is CCC(C)Oc1ccccc1C=NNc1ccc([N+](=O)[O-])cc1. The Balaban J connectivity index is 2.04. The molecule has 1 N–H and O–H groups in total. The molecule has 0 radical (unpaired) electrons. The van der Waals surface area contributed by atoms with Gasteiger partial charge in [0.2, 0.25) is 0 Å². The smallest absolute Gasteiger partial charge is 0.269 e. The van der Waals surface area contributed by atoms with E-state index in [1.807, 2.05) is 31.2 Å². The molecule has 0 saturated carbocycles. The van der Waals surface area contributed by atoms with Gasteiger partial charge < -0.3 is 4.74 Å². The third-order valence-electron chi connectivity index (χ3n) is 3.30. The van der Waals surface area contributed by atoms with Crippen molar-refractivity contribution >= 4 is 17.6 Å². The van der Waals surface area contributed by atoms with E-state index in [-0.39, 0.29) is 11.8 Å². The minimum Gasteiger partial charge on any atom is -0.490 e. The fourth-order valence-electron chi connectivity index (χ4n) is 1.83. The van der Waals surface area contributed by atoms with Crippen LogP contribution in [0.3, 0.4) is 0 Å². The van der Waals surface area contributed by atoms with Crippen molar-refractivity contribution in [2.24, 2.45) is 5.10 Å². The van der Waals surface area contributed by atoms with Gasteiger partial charge in [0.15, 0.2) is 0 Å². The number of anilines is 1. The number of nitrogens with one attached hydrogen (secondary N) is 1. The van der Waals surface area contributed by atoms with Gasteiger partial charge in [-0.3, -0.25) is 15.5 Å². The summed E-state index contributed by atoms with van der Waals surface area (Å²) < 4.78 is 5.85. The maximum Gasteiger partial charge on any atom is 0.269 e. The van der Waals surface area contributed by atoms with Crippen molar-refractivity contribution in [2.75, 3.05) is 5.43 Å². The first-order chi connectivity index (χ1) is 11.1. The van der Waals surface area contributed by atoms with Crippen molar-refractivity contribution < 1.29 is 9.66 Å². The highest BCUT2D eigenvalue weighted by atomic mass is 16.6. The zero-order chi connectivity index (χ0) is 16.7. The van der Waals surface area contributed by atoms with Crippen LogP contribution in [0.15, 0.2) is 53.6 Å². The van der Waals surface area contributed by atoms with E-state index in [1.165, 1.54) is 12.1 Å². The molecule has 120 valence electrons. The highest BCUT2D eigenvalue weighted by Crippen LogP contribution is 2.19. The van der Waals surface area contributed by atoms with Gasteiger partial charge >= 0.3 is 0 Å². The molecule has 0 spiro atoms. The minimum absolute atomic E-state index is 0.0480. The molecule has 0 fully saturated rings. The van der Waals surface area contributed by atoms with E-state index >= 15 is 0 Å². The average molecular weight is 313 g/mol. The number of nitro groups is 1. The predicted molar refractivity (Wildman–Crippen MR) is 91.1 cm³/mol. The number of hydrazone groups is 1. The molecule has 2 rings (SSSR count). The standard InChI is InChI=1S/C17H19N3O3/c1-3-13(2)23-17-7-5-4-6-14(17)12-18-19-15-8-10-16(11-9-15)20(21)22/h4-13,19H,3H2,1-2H3. The molecule has 23 heavy (non-hydrogen) atoms. The zero-order valence-electron chi connectivity index (χ0n) is 13.1. The molecule has 2 aromatic rings. The summed E-state index contributed by atoms with van der Waals surface area (Å²) in [6.07, 6.45) is 2.72. The van der Waals surface area contributed by atoms with Gasteiger partial charge in [-0.1, -0.05) is 19.1 Å². The quantitative estimate of drug-likeness (QED) is 0.472. The normalized spacial score (nSPS) is 12.1. The lowest BCUT2D eigenvalue weighted by molar-refractivity contribution is -0.384. The number of nitrogens with zero attached hydrogens (tertiary/aromatic N) is 2. The molecule has 0 aliphatic carbocycles. The van der Waals surface area contributed by atoms with E-state index in [0.29, 0.717) is 5.69 Å². The van der Waals surface area contributed by atoms with Crippen LogP contribution in [-0.4, -0.2) is 17.2 Å². The molecule has 6 nitrogen and oxygen atoms in total. The molecule has 2 aromatic carbocycles. The number of para-hydroxylation sites is 1. The molecule has 0 saturated heterocycles. The van der Waals surface area contributed by atoms with E-state index in [4.69, 9.17) is 4.74 Å². The van der Waals surface area contributed by atoms with Crippen molar-refractivity contribution in [2.45, 2.75) is 26.4 Å². The average Bonchev–Trinajstić information content (AvgIpc) is 2.56. The summed E-state index contributed by atoms with van der Waals surface area (Å²) in [6, 6.07) is 13.7. The number of benzene rings is 2. The highest BCUT2D eigenvalue weighted by Gasteiger charge is 2.05. The fraction of sp³-hybridized carbons (Fsp3) is 0.235. The largest absolute Gasteiger partial charge is 0.490 e. The third kappa shape index (κ3) is 4.81. The van der Waals surface area contributed by atoms with Crippen LogP contribution in [-0.2, 0) is 0 Å². The van der Waals surface area contributed by atoms with Gasteiger partial charge in [0.05, 0.1) is 22.9 Å². The number of hydrogen-bond donors (Lipinski definition) is 1. The lowest BCUT2D eigenvalue weighted by atomic mass is 10.2. The molecule has 0 aliphatic rings. The summed E-state index contributed by atoms with van der Waals surface area (Å²) in [6.45, 7) is 4.08. The van der Waals surface area contributed by atoms with E-state index in [2.05, 4.69) is 17.5 Å². The van der Waals surface area contributed by atoms with E-state index < -0.39 is 4.92 Å². The second-order valence-corrected chi connectivity index (χ2v) is 5.05. The Kier molecular flexibility index (Phi) is 5.68. The number of hydrogen-bond acceptors (Lipinski definition) is 5. The first-order valence-corrected chi connectivity index (χ1v) is 7.39. The summed E-state index contributed by atoms with van der Waals surface area (Å²) in [5.41, 5.74) is 4.43. The molecule has 1 unspecified atom stereocenters. The molecule has 0 heterocycles. The number of nitro benzene ring substituents is 1. The van der Waals surface area contributed by atoms with Gasteiger partial charge in [0, 0.05) is 17.7 Å². The summed E-state index contributed by atoms with van der Waals surface area (Å²) in [4.78, 5) is 10.2. The van der Waals surface area contributed by atoms with Gasteiger partial charge in [0.25, 0.3) is 5.69 Å². The van der Waals surface area contributed by atoms with Gasteiger partial charge in [-0.15, -0.1) is 0 Å². The molecular formula is C17H19N3O3. The van der Waals surface area contributed by atoms with Crippen LogP contribution in [0.25, 0.3) is 0 Å². The van der Waals surface area contributed by atoms with E-state index in [1.54, 1.807) is 18.3 Å². The maximum atomic E-state index is 10.6. The summed E-state index contributed by atoms with van der Waals surface area (Å²) in [7, 11) is 0. The van der Waals surface area contributed by atoms with Crippen molar-refractivity contribution in [3.05, 3.63) is 64.2 Å². The monoisotopic (exact) mass is 313 g/mol. The van der Waals surface area contributed by atoms with Crippen molar-refractivity contribution in [3.63, 3.8) is 0 Å². The second-order valence-electron chi connectivity index (χ2n) is 5.05. The van der Waals surface area contributed by atoms with Crippen molar-refractivity contribution in [3.8, 4) is 5.75 Å². The van der Waals surface area contributed by atoms with Crippen LogP contribution >= 0.6 is 0 Å².